The van der Waals surface area contributed by atoms with E-state index in [1.165, 1.54) is 0 Å². The van der Waals surface area contributed by atoms with Gasteiger partial charge in [-0.25, -0.2) is 4.98 Å². The zero-order valence-corrected chi connectivity index (χ0v) is 10.3. The van der Waals surface area contributed by atoms with Gasteiger partial charge in [-0.2, -0.15) is 0 Å². The van der Waals surface area contributed by atoms with E-state index >= 15 is 0 Å². The highest BCUT2D eigenvalue weighted by molar-refractivity contribution is 5.92. The van der Waals surface area contributed by atoms with Gasteiger partial charge in [-0.15, -0.1) is 0 Å². The van der Waals surface area contributed by atoms with Crippen LogP contribution in [0.4, 0.5) is 5.69 Å². The standard InChI is InChI=1S/C14H15N3O2/c15-11-4-1-3-10(9-11)12-5-2-6-13(17-12)14(19)16-7-8-18/h1-6,9,18H,7-8,15H2,(H,16,19). The minimum atomic E-state index is -0.306. The molecule has 98 valence electrons. The number of amides is 1. The number of pyridine rings is 1. The van der Waals surface area contributed by atoms with Crippen molar-refractivity contribution in [3.05, 3.63) is 48.2 Å². The topological polar surface area (TPSA) is 88.2 Å². The van der Waals surface area contributed by atoms with E-state index in [4.69, 9.17) is 10.8 Å². The van der Waals surface area contributed by atoms with Crippen LogP contribution >= 0.6 is 0 Å². The summed E-state index contributed by atoms with van der Waals surface area (Å²) in [7, 11) is 0. The predicted molar refractivity (Wildman–Crippen MR) is 73.5 cm³/mol. The van der Waals surface area contributed by atoms with Crippen molar-refractivity contribution in [1.82, 2.24) is 10.3 Å². The molecule has 0 aliphatic rings. The summed E-state index contributed by atoms with van der Waals surface area (Å²) in [6.07, 6.45) is 0. The van der Waals surface area contributed by atoms with Crippen molar-refractivity contribution in [3.8, 4) is 11.3 Å². The number of aliphatic hydroxyl groups excluding tert-OH is 1. The van der Waals surface area contributed by atoms with Crippen molar-refractivity contribution in [2.24, 2.45) is 0 Å². The predicted octanol–water partition coefficient (Wildman–Crippen LogP) is 1.05. The molecular weight excluding hydrogens is 242 g/mol. The first kappa shape index (κ1) is 13.0. The third-order valence-electron chi connectivity index (χ3n) is 2.56. The number of benzene rings is 1. The van der Waals surface area contributed by atoms with E-state index < -0.39 is 0 Å². The van der Waals surface area contributed by atoms with E-state index in [9.17, 15) is 4.79 Å². The lowest BCUT2D eigenvalue weighted by Gasteiger charge is -2.06. The van der Waals surface area contributed by atoms with E-state index in [-0.39, 0.29) is 19.1 Å². The summed E-state index contributed by atoms with van der Waals surface area (Å²) in [6.45, 7) is 0.115. The maximum absolute atomic E-state index is 11.7. The molecule has 0 radical (unpaired) electrons. The van der Waals surface area contributed by atoms with E-state index in [0.717, 1.165) is 5.56 Å². The second kappa shape index (κ2) is 5.97. The Bertz CT molecular complexity index is 584. The van der Waals surface area contributed by atoms with Gasteiger partial charge in [-0.3, -0.25) is 4.79 Å². The molecular formula is C14H15N3O2. The molecule has 1 heterocycles. The number of hydrogen-bond acceptors (Lipinski definition) is 4. The number of carbonyl (C=O) groups is 1. The van der Waals surface area contributed by atoms with Gasteiger partial charge < -0.3 is 16.2 Å². The fourth-order valence-corrected chi connectivity index (χ4v) is 1.68. The van der Waals surface area contributed by atoms with Gasteiger partial charge >= 0.3 is 0 Å². The van der Waals surface area contributed by atoms with Crippen LogP contribution in [0.15, 0.2) is 42.5 Å². The Kier molecular flexibility index (Phi) is 4.10. The molecule has 0 unspecified atom stereocenters. The molecule has 0 aliphatic carbocycles. The van der Waals surface area contributed by atoms with Crippen molar-refractivity contribution >= 4 is 11.6 Å². The molecule has 2 aromatic rings. The molecule has 2 rings (SSSR count). The normalized spacial score (nSPS) is 10.2. The first-order valence-electron chi connectivity index (χ1n) is 5.93. The molecule has 0 bridgehead atoms. The van der Waals surface area contributed by atoms with Crippen molar-refractivity contribution in [1.29, 1.82) is 0 Å². The van der Waals surface area contributed by atoms with Gasteiger partial charge in [-0.1, -0.05) is 18.2 Å². The van der Waals surface area contributed by atoms with Gasteiger partial charge in [0.05, 0.1) is 12.3 Å². The van der Waals surface area contributed by atoms with E-state index in [2.05, 4.69) is 10.3 Å². The van der Waals surface area contributed by atoms with Crippen LogP contribution in [-0.2, 0) is 0 Å². The Hall–Kier alpha value is -2.40. The molecule has 0 atom stereocenters. The number of nitrogens with one attached hydrogen (secondary N) is 1. The number of nitrogen functional groups attached to an aromatic ring is 1. The third kappa shape index (κ3) is 3.29. The molecule has 0 spiro atoms. The lowest BCUT2D eigenvalue weighted by atomic mass is 10.1. The second-order valence-electron chi connectivity index (χ2n) is 4.01. The average Bonchev–Trinajstić information content (AvgIpc) is 2.45. The zero-order chi connectivity index (χ0) is 13.7. The quantitative estimate of drug-likeness (QED) is 0.714. The monoisotopic (exact) mass is 257 g/mol. The minimum Gasteiger partial charge on any atom is -0.399 e. The molecule has 1 aromatic carbocycles. The van der Waals surface area contributed by atoms with Gasteiger partial charge in [-0.05, 0) is 24.3 Å². The van der Waals surface area contributed by atoms with E-state index in [1.807, 2.05) is 18.2 Å². The van der Waals surface area contributed by atoms with Crippen LogP contribution in [-0.4, -0.2) is 29.1 Å². The fourth-order valence-electron chi connectivity index (χ4n) is 1.68. The number of carbonyl (C=O) groups excluding carboxylic acids is 1. The summed E-state index contributed by atoms with van der Waals surface area (Å²) in [5, 5.41) is 11.2. The average molecular weight is 257 g/mol. The van der Waals surface area contributed by atoms with Gasteiger partial charge in [0, 0.05) is 17.8 Å². The number of rotatable bonds is 4. The van der Waals surface area contributed by atoms with Crippen LogP contribution in [0, 0.1) is 0 Å². The molecule has 0 saturated heterocycles. The summed E-state index contributed by atoms with van der Waals surface area (Å²) in [6, 6.07) is 12.5. The number of aromatic nitrogens is 1. The van der Waals surface area contributed by atoms with Crippen LogP contribution in [0.1, 0.15) is 10.5 Å². The first-order chi connectivity index (χ1) is 9.20. The summed E-state index contributed by atoms with van der Waals surface area (Å²) < 4.78 is 0. The molecule has 1 aromatic heterocycles. The summed E-state index contributed by atoms with van der Waals surface area (Å²) in [5.74, 6) is -0.306. The largest absolute Gasteiger partial charge is 0.399 e. The van der Waals surface area contributed by atoms with Crippen LogP contribution in [0.3, 0.4) is 0 Å². The van der Waals surface area contributed by atoms with Crippen molar-refractivity contribution < 1.29 is 9.90 Å². The minimum absolute atomic E-state index is 0.0966. The Morgan fingerprint density at radius 1 is 1.26 bits per heavy atom. The smallest absolute Gasteiger partial charge is 0.269 e. The molecule has 0 saturated carbocycles. The molecule has 0 aliphatic heterocycles. The molecule has 0 fully saturated rings. The number of nitrogens with two attached hydrogens (primary N) is 1. The highest BCUT2D eigenvalue weighted by Gasteiger charge is 2.08. The highest BCUT2D eigenvalue weighted by Crippen LogP contribution is 2.19. The lowest BCUT2D eigenvalue weighted by molar-refractivity contribution is 0.0940. The van der Waals surface area contributed by atoms with Gasteiger partial charge in [0.1, 0.15) is 5.69 Å². The lowest BCUT2D eigenvalue weighted by Crippen LogP contribution is -2.27. The Morgan fingerprint density at radius 2 is 2.05 bits per heavy atom. The summed E-state index contributed by atoms with van der Waals surface area (Å²) in [5.41, 5.74) is 8.23. The molecule has 5 heteroatoms. The maximum Gasteiger partial charge on any atom is 0.269 e. The number of nitrogens with zero attached hydrogens (tertiary/aromatic N) is 1. The molecule has 5 nitrogen and oxygen atoms in total. The van der Waals surface area contributed by atoms with Gasteiger partial charge in [0.2, 0.25) is 0 Å². The Balaban J connectivity index is 2.26. The van der Waals surface area contributed by atoms with Crippen LogP contribution in [0.2, 0.25) is 0 Å². The maximum atomic E-state index is 11.7. The van der Waals surface area contributed by atoms with Crippen LogP contribution < -0.4 is 11.1 Å². The van der Waals surface area contributed by atoms with Crippen LogP contribution in [0.25, 0.3) is 11.3 Å². The molecule has 4 N–H and O–H groups in total. The number of anilines is 1. The molecule has 19 heavy (non-hydrogen) atoms. The van der Waals surface area contributed by atoms with Gasteiger partial charge in [0.15, 0.2) is 0 Å². The number of aliphatic hydroxyl groups is 1. The molecule has 1 amide bonds. The number of hydrogen-bond donors (Lipinski definition) is 3. The highest BCUT2D eigenvalue weighted by atomic mass is 16.3. The fraction of sp³-hybridized carbons (Fsp3) is 0.143. The van der Waals surface area contributed by atoms with Gasteiger partial charge in [0.25, 0.3) is 5.91 Å². The second-order valence-corrected chi connectivity index (χ2v) is 4.01. The van der Waals surface area contributed by atoms with Crippen molar-refractivity contribution in [2.75, 3.05) is 18.9 Å². The van der Waals surface area contributed by atoms with E-state index in [1.54, 1.807) is 24.3 Å². The SMILES string of the molecule is Nc1cccc(-c2cccc(C(=O)NCCO)n2)c1. The summed E-state index contributed by atoms with van der Waals surface area (Å²) in [4.78, 5) is 16.0. The van der Waals surface area contributed by atoms with Crippen LogP contribution in [0.5, 0.6) is 0 Å². The van der Waals surface area contributed by atoms with E-state index in [0.29, 0.717) is 17.1 Å². The Labute approximate surface area is 111 Å². The van der Waals surface area contributed by atoms with Crippen molar-refractivity contribution in [3.63, 3.8) is 0 Å². The first-order valence-corrected chi connectivity index (χ1v) is 5.93. The zero-order valence-electron chi connectivity index (χ0n) is 10.3. The summed E-state index contributed by atoms with van der Waals surface area (Å²) >= 11 is 0. The van der Waals surface area contributed by atoms with Crippen molar-refractivity contribution in [2.45, 2.75) is 0 Å². The third-order valence-corrected chi connectivity index (χ3v) is 2.56. The Morgan fingerprint density at radius 3 is 2.79 bits per heavy atom.